The van der Waals surface area contributed by atoms with Gasteiger partial charge in [-0.1, -0.05) is 146 Å². The molecule has 0 aliphatic carbocycles. The summed E-state index contributed by atoms with van der Waals surface area (Å²) in [5.41, 5.74) is 9.85. The van der Waals surface area contributed by atoms with Gasteiger partial charge >= 0.3 is 0 Å². The van der Waals surface area contributed by atoms with Crippen LogP contribution >= 0.6 is 0 Å². The largest absolute Gasteiger partial charge is 0.0616 e. The molecule has 0 N–H and O–H groups in total. The van der Waals surface area contributed by atoms with E-state index in [-0.39, 0.29) is 0 Å². The molecule has 0 saturated carbocycles. The number of fused-ring (bicyclic) bond motifs is 4. The predicted molar refractivity (Wildman–Crippen MR) is 198 cm³/mol. The molecule has 0 aliphatic heterocycles. The quantitative estimate of drug-likeness (QED) is 0.181. The summed E-state index contributed by atoms with van der Waals surface area (Å²) < 4.78 is 0. The van der Waals surface area contributed by atoms with E-state index in [0.717, 1.165) is 0 Å². The minimum Gasteiger partial charge on any atom is -0.0616 e. The van der Waals surface area contributed by atoms with E-state index in [0.29, 0.717) is 0 Å². The summed E-state index contributed by atoms with van der Waals surface area (Å²) in [6, 6.07) is 66.8. The van der Waals surface area contributed by atoms with Gasteiger partial charge in [-0.25, -0.2) is 0 Å². The second-order valence-corrected chi connectivity index (χ2v) is 12.2. The van der Waals surface area contributed by atoms with Crippen LogP contribution in [-0.4, -0.2) is 0 Å². The summed E-state index contributed by atoms with van der Waals surface area (Å²) in [4.78, 5) is 0. The lowest BCUT2D eigenvalue weighted by Crippen LogP contribution is -1.93. The van der Waals surface area contributed by atoms with Crippen LogP contribution in [-0.2, 0) is 0 Å². The zero-order valence-electron chi connectivity index (χ0n) is 25.3. The van der Waals surface area contributed by atoms with Gasteiger partial charge in [0.15, 0.2) is 0 Å². The Labute approximate surface area is 268 Å². The minimum atomic E-state index is 1.22. The van der Waals surface area contributed by atoms with Crippen molar-refractivity contribution < 1.29 is 0 Å². The fourth-order valence-corrected chi connectivity index (χ4v) is 7.09. The van der Waals surface area contributed by atoms with Gasteiger partial charge in [0.2, 0.25) is 0 Å². The van der Waals surface area contributed by atoms with Crippen LogP contribution in [0.25, 0.3) is 87.6 Å². The fourth-order valence-electron chi connectivity index (χ4n) is 7.09. The third-order valence-electron chi connectivity index (χ3n) is 9.40. The Morgan fingerprint density at radius 2 is 0.500 bits per heavy atom. The molecule has 0 heterocycles. The van der Waals surface area contributed by atoms with Crippen molar-refractivity contribution in [2.24, 2.45) is 0 Å². The van der Waals surface area contributed by atoms with Crippen molar-refractivity contribution in [1.29, 1.82) is 0 Å². The lowest BCUT2D eigenvalue weighted by atomic mass is 9.84. The predicted octanol–water partition coefficient (Wildman–Crippen LogP) is 13.0. The standard InChI is InChI=1S/C46H30/c1-3-13-33-25-37(23-21-31(33)11-1)41-17-7-9-19-43(41)45-29-39-27-35-15-5-6-16-36(35)28-40(39)30-46(45)44-20-10-8-18-42(44)38-24-22-32-12-2-4-14-34(32)26-38/h1-30H. The van der Waals surface area contributed by atoms with Crippen molar-refractivity contribution in [3.63, 3.8) is 0 Å². The molecule has 214 valence electrons. The molecular formula is C46H30. The van der Waals surface area contributed by atoms with Gasteiger partial charge in [-0.3, -0.25) is 0 Å². The average molecular weight is 583 g/mol. The molecule has 9 aromatic rings. The molecule has 0 aromatic heterocycles. The van der Waals surface area contributed by atoms with E-state index in [9.17, 15) is 0 Å². The van der Waals surface area contributed by atoms with Gasteiger partial charge in [0.1, 0.15) is 0 Å². The Balaban J connectivity index is 1.33. The van der Waals surface area contributed by atoms with Crippen LogP contribution < -0.4 is 0 Å². The molecule has 0 atom stereocenters. The van der Waals surface area contributed by atoms with Gasteiger partial charge in [-0.05, 0) is 124 Å². The lowest BCUT2D eigenvalue weighted by molar-refractivity contribution is 1.58. The van der Waals surface area contributed by atoms with E-state index in [1.54, 1.807) is 0 Å². The van der Waals surface area contributed by atoms with E-state index in [2.05, 4.69) is 182 Å². The molecule has 46 heavy (non-hydrogen) atoms. The summed E-state index contributed by atoms with van der Waals surface area (Å²) in [6.45, 7) is 0. The first-order valence-corrected chi connectivity index (χ1v) is 15.9. The molecule has 0 amide bonds. The zero-order valence-corrected chi connectivity index (χ0v) is 25.3. The lowest BCUT2D eigenvalue weighted by Gasteiger charge is -2.19. The Morgan fingerprint density at radius 3 is 0.913 bits per heavy atom. The van der Waals surface area contributed by atoms with Gasteiger partial charge in [0.05, 0.1) is 0 Å². The summed E-state index contributed by atoms with van der Waals surface area (Å²) >= 11 is 0. The highest BCUT2D eigenvalue weighted by atomic mass is 14.2. The van der Waals surface area contributed by atoms with Gasteiger partial charge in [-0.2, -0.15) is 0 Å². The molecule has 0 bridgehead atoms. The normalized spacial score (nSPS) is 11.5. The van der Waals surface area contributed by atoms with E-state index < -0.39 is 0 Å². The maximum absolute atomic E-state index is 2.41. The molecular weight excluding hydrogens is 553 g/mol. The Bertz CT molecular complexity index is 2410. The molecule has 0 fully saturated rings. The van der Waals surface area contributed by atoms with Crippen LogP contribution in [0.15, 0.2) is 182 Å². The second-order valence-electron chi connectivity index (χ2n) is 12.2. The number of hydrogen-bond acceptors (Lipinski definition) is 0. The Morgan fingerprint density at radius 1 is 0.174 bits per heavy atom. The van der Waals surface area contributed by atoms with E-state index in [1.165, 1.54) is 87.6 Å². The molecule has 0 heteroatoms. The van der Waals surface area contributed by atoms with Crippen molar-refractivity contribution >= 4 is 43.1 Å². The fraction of sp³-hybridized carbons (Fsp3) is 0. The smallest absolute Gasteiger partial charge is 0.00926 e. The molecule has 0 spiro atoms. The van der Waals surface area contributed by atoms with Crippen LogP contribution in [0.4, 0.5) is 0 Å². The first-order valence-electron chi connectivity index (χ1n) is 15.9. The monoisotopic (exact) mass is 582 g/mol. The summed E-state index contributed by atoms with van der Waals surface area (Å²) in [7, 11) is 0. The maximum Gasteiger partial charge on any atom is -0.00926 e. The molecule has 0 saturated heterocycles. The van der Waals surface area contributed by atoms with Crippen LogP contribution in [0.5, 0.6) is 0 Å². The van der Waals surface area contributed by atoms with Crippen molar-refractivity contribution in [3.8, 4) is 44.5 Å². The summed E-state index contributed by atoms with van der Waals surface area (Å²) in [5, 5.41) is 10.0. The van der Waals surface area contributed by atoms with Gasteiger partial charge in [0, 0.05) is 0 Å². The molecule has 0 unspecified atom stereocenters. The van der Waals surface area contributed by atoms with Crippen molar-refractivity contribution in [2.45, 2.75) is 0 Å². The SMILES string of the molecule is c1ccc(-c2cc3cc4ccccc4cc3cc2-c2ccccc2-c2ccc3ccccc3c2)c(-c2ccc3ccccc3c2)c1. The van der Waals surface area contributed by atoms with Gasteiger partial charge < -0.3 is 0 Å². The summed E-state index contributed by atoms with van der Waals surface area (Å²) in [6.07, 6.45) is 0. The highest BCUT2D eigenvalue weighted by Crippen LogP contribution is 2.44. The van der Waals surface area contributed by atoms with Crippen LogP contribution in [0, 0.1) is 0 Å². The minimum absolute atomic E-state index is 1.22. The van der Waals surface area contributed by atoms with Crippen LogP contribution in [0.3, 0.4) is 0 Å². The van der Waals surface area contributed by atoms with Gasteiger partial charge in [-0.15, -0.1) is 0 Å². The summed E-state index contributed by atoms with van der Waals surface area (Å²) in [5.74, 6) is 0. The number of benzene rings is 9. The number of rotatable bonds is 4. The van der Waals surface area contributed by atoms with E-state index in [1.807, 2.05) is 0 Å². The molecule has 0 radical (unpaired) electrons. The Kier molecular flexibility index (Phi) is 6.25. The highest BCUT2D eigenvalue weighted by Gasteiger charge is 2.17. The maximum atomic E-state index is 2.41. The zero-order chi connectivity index (χ0) is 30.5. The molecule has 0 nitrogen and oxygen atoms in total. The third-order valence-corrected chi connectivity index (χ3v) is 9.40. The van der Waals surface area contributed by atoms with Crippen molar-refractivity contribution in [1.82, 2.24) is 0 Å². The third kappa shape index (κ3) is 4.55. The van der Waals surface area contributed by atoms with Crippen LogP contribution in [0.2, 0.25) is 0 Å². The second kappa shape index (κ2) is 10.9. The van der Waals surface area contributed by atoms with Crippen molar-refractivity contribution in [3.05, 3.63) is 182 Å². The molecule has 0 aliphatic rings. The van der Waals surface area contributed by atoms with Crippen LogP contribution in [0.1, 0.15) is 0 Å². The first kappa shape index (κ1) is 26.4. The number of hydrogen-bond donors (Lipinski definition) is 0. The van der Waals surface area contributed by atoms with E-state index in [4.69, 9.17) is 0 Å². The topological polar surface area (TPSA) is 0 Å². The van der Waals surface area contributed by atoms with E-state index >= 15 is 0 Å². The highest BCUT2D eigenvalue weighted by molar-refractivity contribution is 6.06. The molecule has 9 rings (SSSR count). The van der Waals surface area contributed by atoms with Gasteiger partial charge in [0.25, 0.3) is 0 Å². The first-order chi connectivity index (χ1) is 22.8. The Hall–Kier alpha value is -5.98. The molecule has 9 aromatic carbocycles. The van der Waals surface area contributed by atoms with Crippen molar-refractivity contribution in [2.75, 3.05) is 0 Å². The average Bonchev–Trinajstić information content (AvgIpc) is 3.13.